The Morgan fingerprint density at radius 2 is 1.59 bits per heavy atom. The van der Waals surface area contributed by atoms with E-state index in [2.05, 4.69) is 34.6 Å². The van der Waals surface area contributed by atoms with Crippen LogP contribution in [0.15, 0.2) is 65.7 Å². The SMILES string of the molecule is Br.C=CCn1c(=N)n(Cc2ccccc2Br)c2ccccc21. The molecule has 0 saturated heterocycles. The van der Waals surface area contributed by atoms with Crippen LogP contribution in [0.25, 0.3) is 11.0 Å². The van der Waals surface area contributed by atoms with E-state index in [1.165, 1.54) is 0 Å². The lowest BCUT2D eigenvalue weighted by Gasteiger charge is -2.07. The Hall–Kier alpha value is -1.59. The molecule has 1 heterocycles. The number of aromatic nitrogens is 2. The third-order valence-electron chi connectivity index (χ3n) is 3.57. The molecule has 0 spiro atoms. The number of nitrogens with zero attached hydrogens (tertiary/aromatic N) is 2. The maximum absolute atomic E-state index is 8.46. The molecule has 114 valence electrons. The maximum Gasteiger partial charge on any atom is 0.203 e. The summed E-state index contributed by atoms with van der Waals surface area (Å²) in [6.07, 6.45) is 1.83. The second-order valence-electron chi connectivity index (χ2n) is 4.89. The largest absolute Gasteiger partial charge is 0.307 e. The molecule has 0 aliphatic heterocycles. The van der Waals surface area contributed by atoms with Crippen molar-refractivity contribution in [1.29, 1.82) is 5.41 Å². The number of hydrogen-bond acceptors (Lipinski definition) is 1. The van der Waals surface area contributed by atoms with Gasteiger partial charge in [-0.15, -0.1) is 23.6 Å². The fourth-order valence-corrected chi connectivity index (χ4v) is 2.98. The van der Waals surface area contributed by atoms with Crippen molar-refractivity contribution in [2.75, 3.05) is 0 Å². The second kappa shape index (κ2) is 7.11. The predicted molar refractivity (Wildman–Crippen MR) is 99.5 cm³/mol. The minimum atomic E-state index is 0. The van der Waals surface area contributed by atoms with Crippen LogP contribution in [-0.4, -0.2) is 9.13 Å². The van der Waals surface area contributed by atoms with Crippen molar-refractivity contribution in [1.82, 2.24) is 9.13 Å². The molecule has 22 heavy (non-hydrogen) atoms. The van der Waals surface area contributed by atoms with E-state index < -0.39 is 0 Å². The van der Waals surface area contributed by atoms with E-state index in [1.807, 2.05) is 51.6 Å². The molecule has 0 aliphatic carbocycles. The first kappa shape index (κ1) is 16.8. The highest BCUT2D eigenvalue weighted by molar-refractivity contribution is 9.10. The maximum atomic E-state index is 8.46. The van der Waals surface area contributed by atoms with Gasteiger partial charge in [0, 0.05) is 11.0 Å². The third kappa shape index (κ3) is 2.96. The van der Waals surface area contributed by atoms with Crippen LogP contribution in [0, 0.1) is 5.41 Å². The predicted octanol–water partition coefficient (Wildman–Crippen LogP) is 4.50. The summed E-state index contributed by atoms with van der Waals surface area (Å²) < 4.78 is 5.07. The van der Waals surface area contributed by atoms with Crippen LogP contribution in [0.2, 0.25) is 0 Å². The van der Waals surface area contributed by atoms with Crippen LogP contribution < -0.4 is 5.62 Å². The Morgan fingerprint density at radius 1 is 1.00 bits per heavy atom. The molecule has 1 N–H and O–H groups in total. The lowest BCUT2D eigenvalue weighted by molar-refractivity contribution is 0.670. The summed E-state index contributed by atoms with van der Waals surface area (Å²) in [6.45, 7) is 5.10. The zero-order valence-electron chi connectivity index (χ0n) is 12.0. The fraction of sp³-hybridized carbons (Fsp3) is 0.118. The number of hydrogen-bond donors (Lipinski definition) is 1. The van der Waals surface area contributed by atoms with E-state index in [1.54, 1.807) is 0 Å². The molecule has 0 amide bonds. The Balaban J connectivity index is 0.00000176. The number of imidazole rings is 1. The average Bonchev–Trinajstić information content (AvgIpc) is 2.76. The van der Waals surface area contributed by atoms with Crippen molar-refractivity contribution in [3.8, 4) is 0 Å². The van der Waals surface area contributed by atoms with Crippen LogP contribution in [0.4, 0.5) is 0 Å². The van der Waals surface area contributed by atoms with Crippen molar-refractivity contribution < 1.29 is 0 Å². The number of allylic oxidation sites excluding steroid dienone is 1. The van der Waals surface area contributed by atoms with E-state index in [0.717, 1.165) is 21.1 Å². The summed E-state index contributed by atoms with van der Waals surface area (Å²) >= 11 is 3.58. The smallest absolute Gasteiger partial charge is 0.203 e. The zero-order valence-corrected chi connectivity index (χ0v) is 15.3. The first-order valence-corrected chi connectivity index (χ1v) is 7.58. The molecule has 3 aromatic rings. The van der Waals surface area contributed by atoms with Crippen molar-refractivity contribution >= 4 is 43.9 Å². The lowest BCUT2D eigenvalue weighted by atomic mass is 10.2. The van der Waals surface area contributed by atoms with Gasteiger partial charge in [0.25, 0.3) is 0 Å². The minimum absolute atomic E-state index is 0. The Morgan fingerprint density at radius 3 is 2.23 bits per heavy atom. The zero-order chi connectivity index (χ0) is 14.8. The van der Waals surface area contributed by atoms with Gasteiger partial charge in [-0.3, -0.25) is 5.41 Å². The molecule has 0 saturated carbocycles. The van der Waals surface area contributed by atoms with Crippen molar-refractivity contribution in [2.24, 2.45) is 0 Å². The topological polar surface area (TPSA) is 33.7 Å². The lowest BCUT2D eigenvalue weighted by Crippen LogP contribution is -2.24. The summed E-state index contributed by atoms with van der Waals surface area (Å²) in [5, 5.41) is 8.46. The fourth-order valence-electron chi connectivity index (χ4n) is 2.57. The third-order valence-corrected chi connectivity index (χ3v) is 4.35. The number of halogens is 2. The molecular formula is C17H17Br2N3. The Kier molecular flexibility index (Phi) is 5.42. The number of fused-ring (bicyclic) bond motifs is 1. The van der Waals surface area contributed by atoms with Gasteiger partial charge in [-0.2, -0.15) is 0 Å². The molecule has 0 fully saturated rings. The number of benzene rings is 2. The summed E-state index contributed by atoms with van der Waals surface area (Å²) in [4.78, 5) is 0. The monoisotopic (exact) mass is 421 g/mol. The highest BCUT2D eigenvalue weighted by Crippen LogP contribution is 2.19. The van der Waals surface area contributed by atoms with Gasteiger partial charge >= 0.3 is 0 Å². The van der Waals surface area contributed by atoms with Gasteiger partial charge < -0.3 is 9.13 Å². The van der Waals surface area contributed by atoms with Crippen LogP contribution in [-0.2, 0) is 13.1 Å². The number of nitrogens with one attached hydrogen (secondary N) is 1. The van der Waals surface area contributed by atoms with E-state index in [-0.39, 0.29) is 17.0 Å². The average molecular weight is 423 g/mol. The Bertz CT molecular complexity index is 862. The molecular weight excluding hydrogens is 406 g/mol. The van der Waals surface area contributed by atoms with Crippen molar-refractivity contribution in [3.05, 3.63) is 76.8 Å². The molecule has 0 bridgehead atoms. The highest BCUT2D eigenvalue weighted by atomic mass is 79.9. The Labute approximate surface area is 148 Å². The summed E-state index contributed by atoms with van der Waals surface area (Å²) in [5.41, 5.74) is 3.79. The molecule has 0 radical (unpaired) electrons. The van der Waals surface area contributed by atoms with Gasteiger partial charge in [0.05, 0.1) is 17.6 Å². The van der Waals surface area contributed by atoms with Gasteiger partial charge in [0.1, 0.15) is 0 Å². The van der Waals surface area contributed by atoms with Gasteiger partial charge in [0.15, 0.2) is 0 Å². The molecule has 0 aliphatic rings. The number of para-hydroxylation sites is 2. The summed E-state index contributed by atoms with van der Waals surface area (Å²) in [7, 11) is 0. The molecule has 0 atom stereocenters. The highest BCUT2D eigenvalue weighted by Gasteiger charge is 2.10. The van der Waals surface area contributed by atoms with Gasteiger partial charge in [0.2, 0.25) is 5.62 Å². The molecule has 1 aromatic heterocycles. The summed E-state index contributed by atoms with van der Waals surface area (Å²) in [5.74, 6) is 0. The van der Waals surface area contributed by atoms with Gasteiger partial charge in [-0.25, -0.2) is 0 Å². The summed E-state index contributed by atoms with van der Waals surface area (Å²) in [6, 6.07) is 16.3. The molecule has 3 rings (SSSR count). The normalized spacial score (nSPS) is 10.4. The van der Waals surface area contributed by atoms with Gasteiger partial charge in [-0.1, -0.05) is 52.3 Å². The standard InChI is InChI=1S/C17H16BrN3.BrH/c1-2-11-20-15-9-5-6-10-16(15)21(17(20)19)12-13-7-3-4-8-14(13)18;/h2-10,19H,1,11-12H2;1H. The van der Waals surface area contributed by atoms with Crippen LogP contribution in [0.3, 0.4) is 0 Å². The van der Waals surface area contributed by atoms with E-state index >= 15 is 0 Å². The minimum Gasteiger partial charge on any atom is -0.307 e. The van der Waals surface area contributed by atoms with Crippen molar-refractivity contribution in [2.45, 2.75) is 13.1 Å². The molecule has 2 aromatic carbocycles. The van der Waals surface area contributed by atoms with E-state index in [0.29, 0.717) is 18.7 Å². The van der Waals surface area contributed by atoms with Crippen LogP contribution in [0.1, 0.15) is 5.56 Å². The molecule has 0 unspecified atom stereocenters. The number of rotatable bonds is 4. The van der Waals surface area contributed by atoms with E-state index in [4.69, 9.17) is 5.41 Å². The van der Waals surface area contributed by atoms with Crippen molar-refractivity contribution in [3.63, 3.8) is 0 Å². The molecule has 5 heteroatoms. The quantitative estimate of drug-likeness (QED) is 0.600. The van der Waals surface area contributed by atoms with Crippen LogP contribution >= 0.6 is 32.9 Å². The van der Waals surface area contributed by atoms with E-state index in [9.17, 15) is 0 Å². The molecule has 3 nitrogen and oxygen atoms in total. The van der Waals surface area contributed by atoms with Crippen LogP contribution in [0.5, 0.6) is 0 Å². The van der Waals surface area contributed by atoms with Gasteiger partial charge in [-0.05, 0) is 23.8 Å². The second-order valence-corrected chi connectivity index (χ2v) is 5.74. The first-order valence-electron chi connectivity index (χ1n) is 6.79. The first-order chi connectivity index (χ1) is 10.2.